The van der Waals surface area contributed by atoms with E-state index in [4.69, 9.17) is 16.4 Å². The highest BCUT2D eigenvalue weighted by Gasteiger charge is 2.32. The van der Waals surface area contributed by atoms with Crippen molar-refractivity contribution in [3.63, 3.8) is 0 Å². The van der Waals surface area contributed by atoms with E-state index >= 15 is 0 Å². The number of aliphatic imine (C=N–C) groups is 2. The van der Waals surface area contributed by atoms with Gasteiger partial charge in [0.25, 0.3) is 0 Å². The summed E-state index contributed by atoms with van der Waals surface area (Å²) in [7, 11) is 0. The average Bonchev–Trinajstić information content (AvgIpc) is 3.49. The van der Waals surface area contributed by atoms with Crippen molar-refractivity contribution >= 4 is 11.4 Å². The molecule has 3 N–H and O–H groups in total. The molecule has 216 valence electrons. The lowest BCUT2D eigenvalue weighted by Gasteiger charge is -2.31. The summed E-state index contributed by atoms with van der Waals surface area (Å²) in [6.45, 7) is 5.56. The number of hydrogen-bond acceptors (Lipinski definition) is 5. The van der Waals surface area contributed by atoms with Crippen LogP contribution in [0.4, 0.5) is 0 Å². The first kappa shape index (κ1) is 29.7. The molecule has 0 spiro atoms. The maximum Gasteiger partial charge on any atom is 0.142 e. The van der Waals surface area contributed by atoms with Crippen LogP contribution >= 0.6 is 0 Å². The smallest absolute Gasteiger partial charge is 0.142 e. The topological polar surface area (TPSA) is 85.7 Å². The molecule has 5 rings (SSSR count). The fourth-order valence-corrected chi connectivity index (χ4v) is 5.46. The molecule has 2 aromatic rings. The fourth-order valence-electron chi connectivity index (χ4n) is 5.46. The molecule has 2 aliphatic heterocycles. The summed E-state index contributed by atoms with van der Waals surface area (Å²) in [6.07, 6.45) is 30.5. The first-order valence-corrected chi connectivity index (χ1v) is 14.7. The Bertz CT molecular complexity index is 1640. The molecule has 43 heavy (non-hydrogen) atoms. The lowest BCUT2D eigenvalue weighted by atomic mass is 9.80. The lowest BCUT2D eigenvalue weighted by molar-refractivity contribution is 0.173. The highest BCUT2D eigenvalue weighted by Crippen LogP contribution is 2.33. The molecule has 6 heteroatoms. The third kappa shape index (κ3) is 7.76. The van der Waals surface area contributed by atoms with E-state index in [0.717, 1.165) is 59.6 Å². The second-order valence-electron chi connectivity index (χ2n) is 11.1. The van der Waals surface area contributed by atoms with Gasteiger partial charge in [-0.15, -0.1) is 6.42 Å². The fraction of sp³-hybridized carbons (Fsp3) is 0.270. The minimum absolute atomic E-state index is 0.0322. The third-order valence-corrected chi connectivity index (χ3v) is 7.63. The molecule has 0 fully saturated rings. The lowest BCUT2D eigenvalue weighted by Crippen LogP contribution is -2.33. The van der Waals surface area contributed by atoms with Crippen LogP contribution in [0.2, 0.25) is 0 Å². The second-order valence-corrected chi connectivity index (χ2v) is 11.1. The predicted octanol–water partition coefficient (Wildman–Crippen LogP) is 5.64. The van der Waals surface area contributed by atoms with E-state index in [1.54, 1.807) is 13.0 Å². The highest BCUT2D eigenvalue weighted by atomic mass is 16.3. The van der Waals surface area contributed by atoms with E-state index in [2.05, 4.69) is 82.7 Å². The van der Waals surface area contributed by atoms with Crippen LogP contribution in [-0.2, 0) is 6.54 Å². The first-order chi connectivity index (χ1) is 20.9. The highest BCUT2D eigenvalue weighted by molar-refractivity contribution is 6.15. The Morgan fingerprint density at radius 3 is 2.88 bits per heavy atom. The number of benzene rings is 1. The Balaban J connectivity index is 1.27. The molecule has 1 aromatic carbocycles. The second kappa shape index (κ2) is 13.9. The van der Waals surface area contributed by atoms with Crippen LogP contribution in [0.3, 0.4) is 0 Å². The minimum atomic E-state index is -1.07. The number of nitrogens with zero attached hydrogens (tertiary/aromatic N) is 3. The molecule has 0 amide bonds. The van der Waals surface area contributed by atoms with Crippen LogP contribution in [-0.4, -0.2) is 44.9 Å². The van der Waals surface area contributed by atoms with Crippen molar-refractivity contribution in [1.82, 2.24) is 15.5 Å². The van der Waals surface area contributed by atoms with Gasteiger partial charge in [0.05, 0.1) is 23.7 Å². The van der Waals surface area contributed by atoms with Gasteiger partial charge in [0, 0.05) is 36.3 Å². The summed E-state index contributed by atoms with van der Waals surface area (Å²) in [6, 6.07) is 8.64. The van der Waals surface area contributed by atoms with Gasteiger partial charge in [-0.2, -0.15) is 5.10 Å². The van der Waals surface area contributed by atoms with Gasteiger partial charge in [0.1, 0.15) is 5.60 Å². The summed E-state index contributed by atoms with van der Waals surface area (Å²) in [4.78, 5) is 9.98. The predicted molar refractivity (Wildman–Crippen MR) is 175 cm³/mol. The molecule has 3 aliphatic rings. The van der Waals surface area contributed by atoms with E-state index in [1.807, 2.05) is 49.0 Å². The Hall–Kier alpha value is -4.75. The summed E-state index contributed by atoms with van der Waals surface area (Å²) in [5, 5.41) is 20.9. The van der Waals surface area contributed by atoms with Crippen molar-refractivity contribution in [3.8, 4) is 24.2 Å². The summed E-state index contributed by atoms with van der Waals surface area (Å²) < 4.78 is 0. The molecule has 6 nitrogen and oxygen atoms in total. The number of terminal acetylenes is 1. The third-order valence-electron chi connectivity index (χ3n) is 7.63. The molecule has 3 heterocycles. The number of aromatic nitrogens is 2. The van der Waals surface area contributed by atoms with Crippen molar-refractivity contribution in [3.05, 3.63) is 125 Å². The van der Waals surface area contributed by atoms with Gasteiger partial charge in [-0.05, 0) is 72.9 Å². The van der Waals surface area contributed by atoms with Crippen molar-refractivity contribution in [2.45, 2.75) is 44.9 Å². The number of hydrogen-bond donors (Lipinski definition) is 3. The normalized spacial score (nSPS) is 23.4. The Morgan fingerprint density at radius 1 is 1.23 bits per heavy atom. The van der Waals surface area contributed by atoms with Crippen LogP contribution in [0.1, 0.15) is 43.4 Å². The zero-order chi connectivity index (χ0) is 30.1. The summed E-state index contributed by atoms with van der Waals surface area (Å²) >= 11 is 0. The number of allylic oxidation sites excluding steroid dienone is 8. The standard InChI is InChI=1S/C37H37N5O/c1-4-5-6-7-11-27(2)32-22-33-34(18-21-39-35(33)31-25-40-41-26-31)42-36(32)30-16-14-29(15-17-30)24-38-20-10-13-28-12-8-9-19-37(3,43)23-28/h1,5-8,11-12,14-18,21-23,25-27,33-34,38,43H,10,13,20,24H2,2-3H3,(H,40,41)/b6-5-,11-7-. The summed E-state index contributed by atoms with van der Waals surface area (Å²) in [5.74, 6) is 8.40. The van der Waals surface area contributed by atoms with E-state index in [-0.39, 0.29) is 17.9 Å². The maximum atomic E-state index is 10.3. The molecule has 1 aromatic heterocycles. The van der Waals surface area contributed by atoms with E-state index in [0.29, 0.717) is 0 Å². The number of H-pyrrole nitrogens is 1. The zero-order valence-electron chi connectivity index (χ0n) is 24.7. The van der Waals surface area contributed by atoms with Gasteiger partial charge in [-0.3, -0.25) is 15.1 Å². The van der Waals surface area contributed by atoms with E-state index < -0.39 is 5.60 Å². The van der Waals surface area contributed by atoms with Crippen molar-refractivity contribution in [1.29, 1.82) is 0 Å². The number of dihydropyridines is 1. The molecule has 1 aliphatic carbocycles. The number of rotatable bonds is 11. The molecule has 4 atom stereocenters. The van der Waals surface area contributed by atoms with Crippen molar-refractivity contribution in [2.75, 3.05) is 6.54 Å². The molecule has 0 saturated heterocycles. The van der Waals surface area contributed by atoms with Gasteiger partial charge < -0.3 is 10.4 Å². The van der Waals surface area contributed by atoms with Crippen LogP contribution in [0.5, 0.6) is 0 Å². The molecule has 0 saturated carbocycles. The molecule has 4 unspecified atom stereocenters. The van der Waals surface area contributed by atoms with Crippen molar-refractivity contribution < 1.29 is 5.11 Å². The Kier molecular flexibility index (Phi) is 9.64. The number of aromatic amines is 1. The zero-order valence-corrected chi connectivity index (χ0v) is 24.7. The molecular formula is C37H37N5O. The average molecular weight is 568 g/mol. The molecular weight excluding hydrogens is 530 g/mol. The van der Waals surface area contributed by atoms with E-state index in [1.165, 1.54) is 5.56 Å². The van der Waals surface area contributed by atoms with Gasteiger partial charge >= 0.3 is 0 Å². The number of fused-ring (bicyclic) bond motifs is 1. The SMILES string of the molecule is C#C/C=C\C=C/C(C)C1=CC2C(c3cn[nH]c3)=NC=CC2N=C1c1ccc(CNCCCC2=CC(C)(O)C#CC=C2)cc1. The van der Waals surface area contributed by atoms with Crippen molar-refractivity contribution in [2.24, 2.45) is 21.8 Å². The monoisotopic (exact) mass is 567 g/mol. The van der Waals surface area contributed by atoms with Crippen LogP contribution in [0, 0.1) is 36.0 Å². The number of nitrogens with one attached hydrogen (secondary N) is 2. The van der Waals surface area contributed by atoms with Gasteiger partial charge in [0.15, 0.2) is 0 Å². The maximum absolute atomic E-state index is 10.3. The van der Waals surface area contributed by atoms with Gasteiger partial charge in [-0.1, -0.05) is 79.3 Å². The molecule has 0 radical (unpaired) electrons. The van der Waals surface area contributed by atoms with Crippen LogP contribution in [0.15, 0.2) is 119 Å². The largest absolute Gasteiger partial charge is 0.374 e. The molecule has 0 bridgehead atoms. The Labute approximate surface area is 254 Å². The summed E-state index contributed by atoms with van der Waals surface area (Å²) in [5.41, 5.74) is 6.45. The van der Waals surface area contributed by atoms with Crippen LogP contribution in [0.25, 0.3) is 0 Å². The quantitative estimate of drug-likeness (QED) is 0.187. The number of aliphatic hydroxyl groups is 1. The minimum Gasteiger partial charge on any atom is -0.374 e. The van der Waals surface area contributed by atoms with Gasteiger partial charge in [-0.25, -0.2) is 0 Å². The van der Waals surface area contributed by atoms with E-state index in [9.17, 15) is 5.11 Å². The van der Waals surface area contributed by atoms with Crippen LogP contribution < -0.4 is 5.32 Å². The Morgan fingerprint density at radius 2 is 2.09 bits per heavy atom. The van der Waals surface area contributed by atoms with Gasteiger partial charge in [0.2, 0.25) is 0 Å². The first-order valence-electron chi connectivity index (χ1n) is 14.7.